The van der Waals surface area contributed by atoms with Crippen LogP contribution in [0.4, 0.5) is 46.0 Å². The van der Waals surface area contributed by atoms with E-state index in [1.54, 1.807) is 19.5 Å². The Labute approximate surface area is 320 Å². The van der Waals surface area contributed by atoms with Crippen molar-refractivity contribution in [2.45, 2.75) is 59.9 Å². The number of nitrogens with zero attached hydrogens (tertiary/aromatic N) is 5. The lowest BCUT2D eigenvalue weighted by Crippen LogP contribution is -2.29. The van der Waals surface area contributed by atoms with Gasteiger partial charge < -0.3 is 30.9 Å². The van der Waals surface area contributed by atoms with Crippen LogP contribution in [0.5, 0.6) is 5.75 Å². The molecular weight excluding hydrogens is 671 g/mol. The molecule has 1 saturated heterocycles. The van der Waals surface area contributed by atoms with Crippen LogP contribution in [0.15, 0.2) is 122 Å². The molecule has 0 saturated carbocycles. The Morgan fingerprint density at radius 2 is 1.17 bits per heavy atom. The molecule has 10 nitrogen and oxygen atoms in total. The summed E-state index contributed by atoms with van der Waals surface area (Å²) in [5.74, 6) is 3.91. The number of pyridine rings is 4. The van der Waals surface area contributed by atoms with Crippen molar-refractivity contribution in [2.24, 2.45) is 0 Å². The van der Waals surface area contributed by atoms with Crippen molar-refractivity contribution in [3.05, 3.63) is 139 Å². The van der Waals surface area contributed by atoms with Gasteiger partial charge in [0.15, 0.2) is 0 Å². The number of nitrogens with one attached hydrogen (secondary N) is 4. The highest BCUT2D eigenvalue weighted by molar-refractivity contribution is 5.71. The van der Waals surface area contributed by atoms with Crippen LogP contribution in [-0.4, -0.2) is 40.1 Å². The summed E-state index contributed by atoms with van der Waals surface area (Å²) in [5.41, 5.74) is 7.33. The molecule has 54 heavy (non-hydrogen) atoms. The summed E-state index contributed by atoms with van der Waals surface area (Å²) in [4.78, 5) is 19.9. The van der Waals surface area contributed by atoms with E-state index in [0.717, 1.165) is 70.3 Å². The summed E-state index contributed by atoms with van der Waals surface area (Å²) in [7, 11) is 1.72. The van der Waals surface area contributed by atoms with E-state index >= 15 is 0 Å². The minimum absolute atomic E-state index is 0. The Balaban J connectivity index is 0.000000221. The van der Waals surface area contributed by atoms with Crippen molar-refractivity contribution in [3.63, 3.8) is 0 Å². The molecule has 5 heterocycles. The summed E-state index contributed by atoms with van der Waals surface area (Å²) in [6.45, 7) is 10.7. The first-order valence-electron chi connectivity index (χ1n) is 18.1. The second kappa shape index (κ2) is 18.6. The number of benzene rings is 2. The summed E-state index contributed by atoms with van der Waals surface area (Å²) < 4.78 is 5.71. The quantitative estimate of drug-likeness (QED) is 0.103. The molecule has 4 N–H and O–H groups in total. The van der Waals surface area contributed by atoms with Crippen LogP contribution in [0.25, 0.3) is 0 Å². The van der Waals surface area contributed by atoms with E-state index in [1.807, 2.05) is 67.8 Å². The van der Waals surface area contributed by atoms with E-state index in [1.165, 1.54) is 30.5 Å². The minimum atomic E-state index is -0.210. The van der Waals surface area contributed by atoms with Crippen molar-refractivity contribution >= 4 is 46.0 Å². The van der Waals surface area contributed by atoms with E-state index in [0.29, 0.717) is 0 Å². The van der Waals surface area contributed by atoms with Gasteiger partial charge in [-0.2, -0.15) is 0 Å². The Hall–Kier alpha value is -6.16. The lowest BCUT2D eigenvalue weighted by Gasteiger charge is -2.30. The Bertz CT molecular complexity index is 2050. The molecule has 0 atom stereocenters. The molecule has 10 heteroatoms. The first kappa shape index (κ1) is 39.1. The fraction of sp³-hybridized carbons (Fsp3) is 0.273. The Morgan fingerprint density at radius 3 is 1.80 bits per heavy atom. The molecule has 0 amide bonds. The van der Waals surface area contributed by atoms with Crippen LogP contribution in [0.2, 0.25) is 0 Å². The molecule has 0 radical (unpaired) electrons. The third kappa shape index (κ3) is 10.5. The molecule has 1 fully saturated rings. The molecule has 2 aromatic carbocycles. The number of rotatable bonds is 11. The topological polar surface area (TPSA) is 112 Å². The third-order valence-corrected chi connectivity index (χ3v) is 9.17. The van der Waals surface area contributed by atoms with Crippen molar-refractivity contribution < 1.29 is 4.74 Å². The second-order valence-electron chi connectivity index (χ2n) is 13.6. The molecule has 0 spiro atoms. The smallest absolute Gasteiger partial charge is 0.144 e. The zero-order valence-corrected chi connectivity index (χ0v) is 31.2. The van der Waals surface area contributed by atoms with E-state index in [2.05, 4.69) is 115 Å². The number of ether oxygens (including phenoxy) is 1. The van der Waals surface area contributed by atoms with Crippen LogP contribution in [0.1, 0.15) is 57.2 Å². The highest BCUT2D eigenvalue weighted by atomic mass is 16.5. The van der Waals surface area contributed by atoms with E-state index in [9.17, 15) is 0 Å². The number of aromatic nitrogens is 4. The zero-order valence-electron chi connectivity index (χ0n) is 31.2. The van der Waals surface area contributed by atoms with Gasteiger partial charge in [0.25, 0.3) is 0 Å². The fourth-order valence-electron chi connectivity index (χ4n) is 6.13. The first-order chi connectivity index (χ1) is 25.8. The van der Waals surface area contributed by atoms with Crippen LogP contribution >= 0.6 is 0 Å². The lowest BCUT2D eigenvalue weighted by molar-refractivity contribution is 0.416. The summed E-state index contributed by atoms with van der Waals surface area (Å²) in [6.07, 6.45) is 11.0. The van der Waals surface area contributed by atoms with Gasteiger partial charge in [0.05, 0.1) is 18.3 Å². The minimum Gasteiger partial charge on any atom is -0.494 e. The van der Waals surface area contributed by atoms with Crippen LogP contribution in [0, 0.1) is 13.8 Å². The van der Waals surface area contributed by atoms with Crippen molar-refractivity contribution in [1.82, 2.24) is 19.9 Å². The van der Waals surface area contributed by atoms with Crippen molar-refractivity contribution in [3.8, 4) is 5.75 Å². The molecule has 280 valence electrons. The van der Waals surface area contributed by atoms with Crippen molar-refractivity contribution in [2.75, 3.05) is 46.4 Å². The summed E-state index contributed by atoms with van der Waals surface area (Å²) in [6, 6.07) is 32.3. The monoisotopic (exact) mass is 723 g/mol. The van der Waals surface area contributed by atoms with Crippen molar-refractivity contribution in [1.29, 1.82) is 0 Å². The van der Waals surface area contributed by atoms with Gasteiger partial charge in [-0.1, -0.05) is 49.9 Å². The zero-order chi connectivity index (χ0) is 37.0. The van der Waals surface area contributed by atoms with Gasteiger partial charge in [-0.15, -0.1) is 0 Å². The molecule has 7 rings (SSSR count). The highest BCUT2D eigenvalue weighted by Crippen LogP contribution is 2.34. The number of hydrogen-bond donors (Lipinski definition) is 4. The predicted molar refractivity (Wildman–Crippen MR) is 225 cm³/mol. The molecule has 0 bridgehead atoms. The molecule has 6 aromatic rings. The molecular formula is C44H53N9O. The largest absolute Gasteiger partial charge is 0.494 e. The number of piperidine rings is 1. The van der Waals surface area contributed by atoms with E-state index in [-0.39, 0.29) is 13.0 Å². The number of methoxy groups -OCH3 is 1. The standard InChI is InChI=1S/C27H34N4O.C16H15N5.CH4/c1-20-19-28-26(18-24(20)30-27(2,3)21-11-7-5-8-12-21)29-23-14-13-22(17-25(23)32-4)31-15-9-6-10-16-31;1-12-11-19-16(21-15-7-3-5-9-18-15)10-13(12)20-14-6-2-4-8-17-14;/h5,7-8,11-14,17-19H,6,9-10,15-16H2,1-4H3,(H2,28,29,30);2-11H,1H3,(H2,17,18,19,20,21);1H4. The molecule has 0 unspecified atom stereocenters. The molecule has 0 aliphatic carbocycles. The molecule has 1 aliphatic rings. The molecule has 4 aromatic heterocycles. The SMILES string of the molecule is C.COc1cc(N2CCCCC2)ccc1Nc1cc(NC(C)(C)c2ccccc2)c(C)cn1.Cc1cnc(Nc2ccccn2)cc1Nc1ccccn1. The van der Waals surface area contributed by atoms with Gasteiger partial charge in [-0.25, -0.2) is 19.9 Å². The number of anilines is 8. The average Bonchev–Trinajstić information content (AvgIpc) is 3.19. The van der Waals surface area contributed by atoms with Gasteiger partial charge in [0.1, 0.15) is 29.0 Å². The lowest BCUT2D eigenvalue weighted by atomic mass is 9.94. The Kier molecular flexibility index (Phi) is 13.4. The van der Waals surface area contributed by atoms with E-state index < -0.39 is 0 Å². The maximum Gasteiger partial charge on any atom is 0.144 e. The third-order valence-electron chi connectivity index (χ3n) is 9.17. The van der Waals surface area contributed by atoms with Crippen LogP contribution in [-0.2, 0) is 5.54 Å². The van der Waals surface area contributed by atoms with Gasteiger partial charge in [-0.05, 0) is 100 Å². The second-order valence-corrected chi connectivity index (χ2v) is 13.6. The molecule has 1 aliphatic heterocycles. The van der Waals surface area contributed by atoms with Gasteiger partial charge in [-0.3, -0.25) is 0 Å². The van der Waals surface area contributed by atoms with E-state index in [4.69, 9.17) is 4.74 Å². The maximum absolute atomic E-state index is 5.71. The first-order valence-corrected chi connectivity index (χ1v) is 18.1. The average molecular weight is 724 g/mol. The predicted octanol–water partition coefficient (Wildman–Crippen LogP) is 10.8. The summed E-state index contributed by atoms with van der Waals surface area (Å²) >= 11 is 0. The fourth-order valence-corrected chi connectivity index (χ4v) is 6.13. The van der Waals surface area contributed by atoms with Gasteiger partial charge >= 0.3 is 0 Å². The summed E-state index contributed by atoms with van der Waals surface area (Å²) in [5, 5.41) is 13.6. The number of hydrogen-bond acceptors (Lipinski definition) is 10. The maximum atomic E-state index is 5.71. The Morgan fingerprint density at radius 1 is 0.593 bits per heavy atom. The van der Waals surface area contributed by atoms with Crippen LogP contribution in [0.3, 0.4) is 0 Å². The van der Waals surface area contributed by atoms with Gasteiger partial charge in [0.2, 0.25) is 0 Å². The normalized spacial score (nSPS) is 12.4. The highest BCUT2D eigenvalue weighted by Gasteiger charge is 2.21. The van der Waals surface area contributed by atoms with Gasteiger partial charge in [0, 0.05) is 73.1 Å². The van der Waals surface area contributed by atoms with Crippen LogP contribution < -0.4 is 30.9 Å². The number of aryl methyl sites for hydroxylation is 2.